The molecular weight excluding hydrogens is 582 g/mol. The smallest absolute Gasteiger partial charge is 0.221 e. The van der Waals surface area contributed by atoms with Gasteiger partial charge in [0.15, 0.2) is 0 Å². The molecule has 1 heterocycles. The molecule has 0 spiro atoms. The van der Waals surface area contributed by atoms with Crippen LogP contribution in [-0.2, 0) is 10.3 Å². The van der Waals surface area contributed by atoms with Crippen molar-refractivity contribution >= 4 is 11.5 Å². The first kappa shape index (κ1) is 38.9. The molecule has 46 heavy (non-hydrogen) atoms. The molecule has 0 radical (unpaired) electrons. The fraction of sp³-hybridized carbons (Fsp3) is 0.513. The molecule has 1 amide bonds. The number of phenolic OH excluding ortho intramolecular Hbond substituents is 1. The fourth-order valence-electron chi connectivity index (χ4n) is 6.14. The molecule has 254 valence electrons. The molecule has 0 aromatic heterocycles. The van der Waals surface area contributed by atoms with Crippen LogP contribution in [0.2, 0.25) is 0 Å². The summed E-state index contributed by atoms with van der Waals surface area (Å²) in [6.07, 6.45) is 6.05. The Morgan fingerprint density at radius 3 is 2.17 bits per heavy atom. The fourth-order valence-corrected chi connectivity index (χ4v) is 6.14. The standard InChI is InChI=1S/C23H36N2O3.C14H14F2.C2H6/c1-16-10-17(12-19(26)11-16)21(2,3)24-20(27)13-22(4)14-25(15-22)18-6-8-23(5,28)9-7-18;1-9(2)10(3)7-11(4)13-6-5-12(15)8-14(13)16;1-2/h10-12,18,26,28H,6-9,13-15H2,1-5H3,(H,24,27);5-8H,1,3H2,2,4H3;1-2H3/b;11-7+;. The molecule has 1 aliphatic heterocycles. The Kier molecular flexibility index (Phi) is 13.5. The van der Waals surface area contributed by atoms with Crippen molar-refractivity contribution in [3.63, 3.8) is 0 Å². The minimum atomic E-state index is -0.576. The second-order valence-electron chi connectivity index (χ2n) is 14.1. The normalized spacial score (nSPS) is 21.0. The average molecular weight is 639 g/mol. The van der Waals surface area contributed by atoms with Crippen molar-refractivity contribution in [2.75, 3.05) is 13.1 Å². The number of aliphatic hydroxyl groups is 1. The Hall–Kier alpha value is -3.29. The van der Waals surface area contributed by atoms with Crippen LogP contribution < -0.4 is 5.32 Å². The molecule has 1 saturated heterocycles. The Balaban J connectivity index is 0.000000348. The van der Waals surface area contributed by atoms with Gasteiger partial charge in [-0.25, -0.2) is 8.78 Å². The molecule has 5 nitrogen and oxygen atoms in total. The van der Waals surface area contributed by atoms with Gasteiger partial charge in [-0.3, -0.25) is 9.69 Å². The quantitative estimate of drug-likeness (QED) is 0.253. The molecule has 0 bridgehead atoms. The first-order valence-electron chi connectivity index (χ1n) is 16.4. The van der Waals surface area contributed by atoms with Gasteiger partial charge in [-0.05, 0) is 114 Å². The van der Waals surface area contributed by atoms with E-state index in [-0.39, 0.29) is 17.1 Å². The predicted molar refractivity (Wildman–Crippen MR) is 187 cm³/mol. The van der Waals surface area contributed by atoms with Gasteiger partial charge in [0.1, 0.15) is 17.4 Å². The number of hydrogen-bond donors (Lipinski definition) is 3. The highest BCUT2D eigenvalue weighted by Crippen LogP contribution is 2.40. The molecule has 1 aliphatic carbocycles. The van der Waals surface area contributed by atoms with Crippen LogP contribution in [-0.4, -0.2) is 45.8 Å². The minimum absolute atomic E-state index is 0.00880. The van der Waals surface area contributed by atoms with E-state index in [4.69, 9.17) is 0 Å². The van der Waals surface area contributed by atoms with Crippen molar-refractivity contribution in [2.24, 2.45) is 5.41 Å². The molecule has 1 saturated carbocycles. The van der Waals surface area contributed by atoms with E-state index in [1.807, 2.05) is 54.5 Å². The number of aromatic hydroxyl groups is 1. The van der Waals surface area contributed by atoms with Gasteiger partial charge in [0.05, 0.1) is 11.1 Å². The maximum absolute atomic E-state index is 13.4. The number of allylic oxidation sites excluding steroid dienone is 4. The summed E-state index contributed by atoms with van der Waals surface area (Å²) >= 11 is 0. The van der Waals surface area contributed by atoms with Gasteiger partial charge in [0, 0.05) is 42.6 Å². The van der Waals surface area contributed by atoms with E-state index >= 15 is 0 Å². The summed E-state index contributed by atoms with van der Waals surface area (Å²) in [6.45, 7) is 27.0. The Morgan fingerprint density at radius 2 is 1.65 bits per heavy atom. The largest absolute Gasteiger partial charge is 0.508 e. The molecular formula is C39H56F2N2O3. The summed E-state index contributed by atoms with van der Waals surface area (Å²) in [4.78, 5) is 15.2. The van der Waals surface area contributed by atoms with Gasteiger partial charge in [-0.1, -0.05) is 51.6 Å². The third-order valence-electron chi connectivity index (χ3n) is 8.84. The summed E-state index contributed by atoms with van der Waals surface area (Å²) in [5.74, 6) is -0.860. The number of benzene rings is 2. The van der Waals surface area contributed by atoms with Crippen LogP contribution in [0, 0.1) is 24.0 Å². The zero-order chi connectivity index (χ0) is 35.0. The predicted octanol–water partition coefficient (Wildman–Crippen LogP) is 8.98. The average Bonchev–Trinajstić information content (AvgIpc) is 2.92. The van der Waals surface area contributed by atoms with Gasteiger partial charge < -0.3 is 15.5 Å². The molecule has 4 rings (SSSR count). The third kappa shape index (κ3) is 11.2. The number of nitrogens with one attached hydrogen (secondary N) is 1. The number of carbonyl (C=O) groups excluding carboxylic acids is 1. The first-order valence-corrected chi connectivity index (χ1v) is 16.4. The van der Waals surface area contributed by atoms with Gasteiger partial charge in [-0.15, -0.1) is 0 Å². The number of aryl methyl sites for hydroxylation is 1. The highest BCUT2D eigenvalue weighted by atomic mass is 19.1. The molecule has 2 fully saturated rings. The highest BCUT2D eigenvalue weighted by molar-refractivity contribution is 5.78. The van der Waals surface area contributed by atoms with Crippen LogP contribution in [0.15, 0.2) is 66.8 Å². The number of carbonyl (C=O) groups is 1. The van der Waals surface area contributed by atoms with Gasteiger partial charge in [-0.2, -0.15) is 0 Å². The van der Waals surface area contributed by atoms with Crippen molar-refractivity contribution in [1.29, 1.82) is 0 Å². The third-order valence-corrected chi connectivity index (χ3v) is 8.84. The minimum Gasteiger partial charge on any atom is -0.508 e. The summed E-state index contributed by atoms with van der Waals surface area (Å²) < 4.78 is 26.1. The number of amides is 1. The van der Waals surface area contributed by atoms with Crippen molar-refractivity contribution in [3.05, 3.63) is 95.1 Å². The van der Waals surface area contributed by atoms with Crippen LogP contribution in [0.4, 0.5) is 8.78 Å². The highest BCUT2D eigenvalue weighted by Gasteiger charge is 2.45. The Morgan fingerprint density at radius 1 is 1.07 bits per heavy atom. The van der Waals surface area contributed by atoms with Gasteiger partial charge in [0.2, 0.25) is 5.91 Å². The van der Waals surface area contributed by atoms with Crippen LogP contribution in [0.25, 0.3) is 5.57 Å². The second kappa shape index (κ2) is 16.0. The molecule has 2 aromatic carbocycles. The van der Waals surface area contributed by atoms with E-state index in [1.165, 1.54) is 12.1 Å². The van der Waals surface area contributed by atoms with E-state index in [1.54, 1.807) is 25.1 Å². The zero-order valence-corrected chi connectivity index (χ0v) is 29.5. The van der Waals surface area contributed by atoms with Crippen molar-refractivity contribution < 1.29 is 23.8 Å². The van der Waals surface area contributed by atoms with E-state index in [2.05, 4.69) is 30.3 Å². The number of hydrogen-bond acceptors (Lipinski definition) is 4. The van der Waals surface area contributed by atoms with Crippen molar-refractivity contribution in [2.45, 2.75) is 112 Å². The maximum atomic E-state index is 13.4. The van der Waals surface area contributed by atoms with E-state index < -0.39 is 22.8 Å². The number of likely N-dealkylation sites (tertiary alicyclic amines) is 1. The van der Waals surface area contributed by atoms with Gasteiger partial charge in [0.25, 0.3) is 0 Å². The van der Waals surface area contributed by atoms with Crippen molar-refractivity contribution in [3.8, 4) is 5.75 Å². The van der Waals surface area contributed by atoms with Crippen LogP contribution in [0.1, 0.15) is 104 Å². The van der Waals surface area contributed by atoms with Crippen LogP contribution in [0.3, 0.4) is 0 Å². The lowest BCUT2D eigenvalue weighted by atomic mass is 9.74. The van der Waals surface area contributed by atoms with Crippen LogP contribution in [0.5, 0.6) is 5.75 Å². The lowest BCUT2D eigenvalue weighted by molar-refractivity contribution is -0.130. The lowest BCUT2D eigenvalue weighted by Gasteiger charge is -2.53. The van der Waals surface area contributed by atoms with E-state index in [0.717, 1.165) is 67.1 Å². The maximum Gasteiger partial charge on any atom is 0.221 e. The lowest BCUT2D eigenvalue weighted by Crippen LogP contribution is -2.61. The van der Waals surface area contributed by atoms with Crippen LogP contribution >= 0.6 is 0 Å². The topological polar surface area (TPSA) is 72.8 Å². The van der Waals surface area contributed by atoms with E-state index in [0.29, 0.717) is 23.6 Å². The SMILES string of the molecule is C=C(C)C(=C)/C=C(\C)c1ccc(F)cc1F.CC.Cc1cc(O)cc(C(C)(C)NC(=O)CC2(C)CN(C3CCC(C)(O)CC3)C2)c1. The summed E-state index contributed by atoms with van der Waals surface area (Å²) in [7, 11) is 0. The molecule has 3 N–H and O–H groups in total. The molecule has 2 aliphatic rings. The zero-order valence-electron chi connectivity index (χ0n) is 29.5. The molecule has 7 heteroatoms. The molecule has 0 unspecified atom stereocenters. The second-order valence-corrected chi connectivity index (χ2v) is 14.1. The monoisotopic (exact) mass is 638 g/mol. The number of phenols is 1. The van der Waals surface area contributed by atoms with E-state index in [9.17, 15) is 23.8 Å². The summed E-state index contributed by atoms with van der Waals surface area (Å²) in [5.41, 5.74) is 3.50. The summed E-state index contributed by atoms with van der Waals surface area (Å²) in [5, 5.41) is 23.2. The number of halogens is 2. The molecule has 2 aromatic rings. The summed E-state index contributed by atoms with van der Waals surface area (Å²) in [6, 6.07) is 9.51. The number of nitrogens with zero attached hydrogens (tertiary/aromatic N) is 1. The van der Waals surface area contributed by atoms with Crippen molar-refractivity contribution in [1.82, 2.24) is 10.2 Å². The Bertz CT molecular complexity index is 1390. The number of rotatable bonds is 8. The first-order chi connectivity index (χ1) is 21.3. The Labute approximate surface area is 276 Å². The molecule has 0 atom stereocenters. The van der Waals surface area contributed by atoms with Gasteiger partial charge >= 0.3 is 0 Å².